The Labute approximate surface area is 169 Å². The molecule has 0 aromatic carbocycles. The van der Waals surface area contributed by atoms with Crippen molar-refractivity contribution in [3.63, 3.8) is 0 Å². The molecular weight excluding hydrogens is 433 g/mol. The first kappa shape index (κ1) is 25.1. The molecule has 1 saturated heterocycles. The minimum atomic E-state index is -4.40. The van der Waals surface area contributed by atoms with E-state index in [0.717, 1.165) is 5.75 Å². The van der Waals surface area contributed by atoms with Crippen LogP contribution >= 0.6 is 18.5 Å². The molecule has 4 atom stereocenters. The molecule has 0 aliphatic carbocycles. The lowest BCUT2D eigenvalue weighted by atomic mass is 10.1. The summed E-state index contributed by atoms with van der Waals surface area (Å²) in [4.78, 5) is 34.6. The number of hydrogen-bond acceptors (Lipinski definition) is 12. The summed E-state index contributed by atoms with van der Waals surface area (Å²) in [6.07, 6.45) is -3.56. The lowest BCUT2D eigenvalue weighted by molar-refractivity contribution is -0.322. The van der Waals surface area contributed by atoms with E-state index in [-0.39, 0.29) is 18.1 Å². The third-order valence-electron chi connectivity index (χ3n) is 3.71. The highest BCUT2D eigenvalue weighted by Crippen LogP contribution is 2.35. The molecule has 0 spiro atoms. The summed E-state index contributed by atoms with van der Waals surface area (Å²) in [6.45, 7) is -2.98. The highest BCUT2D eigenvalue weighted by atomic mass is 32.5. The molecule has 16 heteroatoms. The molecule has 0 amide bonds. The second-order valence-corrected chi connectivity index (χ2v) is 9.16. The van der Waals surface area contributed by atoms with E-state index in [1.807, 2.05) is 6.92 Å². The van der Waals surface area contributed by atoms with Gasteiger partial charge in [0.05, 0.1) is 12.9 Å². The summed E-state index contributed by atoms with van der Waals surface area (Å²) in [5.74, 6) is 0.909. The average molecular weight is 457 g/mol. The normalized spacial score (nSPS) is 24.8. The van der Waals surface area contributed by atoms with E-state index in [1.54, 1.807) is 0 Å². The van der Waals surface area contributed by atoms with Gasteiger partial charge in [-0.2, -0.15) is 0 Å². The number of aliphatic hydroxyl groups is 2. The fraction of sp³-hybridized carbons (Fsp3) is 0.583. The van der Waals surface area contributed by atoms with Crippen LogP contribution in [0.3, 0.4) is 0 Å². The summed E-state index contributed by atoms with van der Waals surface area (Å²) in [7, 11) is 0. The van der Waals surface area contributed by atoms with Crippen molar-refractivity contribution in [1.82, 2.24) is 31.8 Å². The number of nitrogen functional groups attached to an aromatic ring is 1. The first-order valence-electron chi connectivity index (χ1n) is 7.52. The smallest absolute Gasteiger partial charge is 0.191 e. The molecule has 3 heterocycles. The summed E-state index contributed by atoms with van der Waals surface area (Å²) >= 11 is 5.52. The Kier molecular flexibility index (Phi) is 8.67. The SMILES string of the molecule is CCSc1nc(N)c2ncn([C@@H]3O[C@H](COP([O-])([O-])=S)[C@@H](O)[C@H]3O)c2n1.[NH4+].[NH4+]. The number of fused-ring (bicyclic) bond motifs is 1. The Morgan fingerprint density at radius 1 is 1.36 bits per heavy atom. The van der Waals surface area contributed by atoms with E-state index in [9.17, 15) is 20.0 Å². The number of quaternary nitrogens is 2. The number of anilines is 1. The lowest BCUT2D eigenvalue weighted by Gasteiger charge is -2.35. The van der Waals surface area contributed by atoms with E-state index in [0.29, 0.717) is 16.3 Å². The third kappa shape index (κ3) is 5.14. The molecular formula is C12H24N7O6PS2. The number of ether oxygens (including phenoxy) is 1. The van der Waals surface area contributed by atoms with Gasteiger partial charge in [-0.25, -0.2) is 15.0 Å². The van der Waals surface area contributed by atoms with Crippen LogP contribution in [0.4, 0.5) is 5.82 Å². The summed E-state index contributed by atoms with van der Waals surface area (Å²) in [6, 6.07) is 0. The number of aromatic nitrogens is 4. The van der Waals surface area contributed by atoms with E-state index >= 15 is 0 Å². The van der Waals surface area contributed by atoms with Crippen molar-refractivity contribution in [1.29, 1.82) is 0 Å². The van der Waals surface area contributed by atoms with Crippen molar-refractivity contribution >= 4 is 47.3 Å². The number of nitrogens with zero attached hydrogens (tertiary/aromatic N) is 4. The number of thioether (sulfide) groups is 1. The first-order chi connectivity index (χ1) is 12.2. The van der Waals surface area contributed by atoms with E-state index < -0.39 is 37.9 Å². The largest absolute Gasteiger partial charge is 0.812 e. The summed E-state index contributed by atoms with van der Waals surface area (Å²) < 4.78 is 11.5. The van der Waals surface area contributed by atoms with Gasteiger partial charge in [0, 0.05) is 0 Å². The van der Waals surface area contributed by atoms with Crippen LogP contribution in [0.15, 0.2) is 11.5 Å². The third-order valence-corrected chi connectivity index (χ3v) is 5.22. The van der Waals surface area contributed by atoms with Crippen molar-refractivity contribution in [3.05, 3.63) is 6.33 Å². The molecule has 1 fully saturated rings. The predicted molar refractivity (Wildman–Crippen MR) is 104 cm³/mol. The maximum atomic E-state index is 11.0. The molecule has 160 valence electrons. The zero-order valence-electron chi connectivity index (χ0n) is 15.5. The minimum Gasteiger partial charge on any atom is -0.812 e. The van der Waals surface area contributed by atoms with Gasteiger partial charge in [-0.1, -0.05) is 25.4 Å². The topological polar surface area (TPSA) is 248 Å². The highest BCUT2D eigenvalue weighted by molar-refractivity contribution is 8.05. The van der Waals surface area contributed by atoms with Gasteiger partial charge in [-0.3, -0.25) is 4.57 Å². The van der Waals surface area contributed by atoms with Gasteiger partial charge in [0.1, 0.15) is 23.8 Å². The highest BCUT2D eigenvalue weighted by Gasteiger charge is 2.44. The molecule has 0 saturated carbocycles. The zero-order chi connectivity index (χ0) is 19.1. The van der Waals surface area contributed by atoms with Crippen LogP contribution in [-0.2, 0) is 21.1 Å². The summed E-state index contributed by atoms with van der Waals surface area (Å²) in [5.41, 5.74) is 6.54. The number of hydrogen-bond donors (Lipinski definition) is 5. The second-order valence-electron chi connectivity index (χ2n) is 5.44. The molecule has 0 unspecified atom stereocenters. The first-order valence-corrected chi connectivity index (χ1v) is 11.1. The minimum absolute atomic E-state index is 0. The molecule has 13 nitrogen and oxygen atoms in total. The Hall–Kier alpha value is -0.970. The van der Waals surface area contributed by atoms with Gasteiger partial charge in [-0.05, 0) is 5.75 Å². The van der Waals surface area contributed by atoms with E-state index in [4.69, 9.17) is 10.5 Å². The van der Waals surface area contributed by atoms with Gasteiger partial charge >= 0.3 is 0 Å². The molecule has 28 heavy (non-hydrogen) atoms. The van der Waals surface area contributed by atoms with Gasteiger partial charge in [0.2, 0.25) is 0 Å². The standard InChI is InChI=1S/C12H18N5O6PS2.2H3N/c1-2-26-12-15-9(13)6-10(16-12)17(4-14-6)11-8(19)7(18)5(23-11)3-22-24(20,21)25;;/h4-5,7-8,11,18-19H,2-3H2,1H3,(H2,13,15,16)(H2,20,21,25);2*1H3/t5-,7-,8-,11-;;/m1../s1. The molecule has 0 bridgehead atoms. The maximum absolute atomic E-state index is 11.0. The number of imidazole rings is 1. The lowest BCUT2D eigenvalue weighted by Crippen LogP contribution is -2.34. The molecule has 0 radical (unpaired) electrons. The van der Waals surface area contributed by atoms with Crippen LogP contribution < -0.4 is 27.8 Å². The van der Waals surface area contributed by atoms with Crippen LogP contribution in [0, 0.1) is 0 Å². The molecule has 1 aliphatic heterocycles. The van der Waals surface area contributed by atoms with Crippen LogP contribution in [0.1, 0.15) is 13.2 Å². The van der Waals surface area contributed by atoms with Gasteiger partial charge in [-0.15, -0.1) is 11.8 Å². The molecule has 1 aliphatic rings. The van der Waals surface area contributed by atoms with Crippen molar-refractivity contribution in [2.45, 2.75) is 36.6 Å². The van der Waals surface area contributed by atoms with Crippen molar-refractivity contribution in [2.75, 3.05) is 18.1 Å². The molecule has 3 rings (SSSR count). The van der Waals surface area contributed by atoms with Crippen LogP contribution in [0.5, 0.6) is 0 Å². The quantitative estimate of drug-likeness (QED) is 0.196. The van der Waals surface area contributed by atoms with E-state index in [2.05, 4.69) is 31.3 Å². The molecule has 2 aromatic heterocycles. The van der Waals surface area contributed by atoms with Crippen LogP contribution in [0.2, 0.25) is 0 Å². The van der Waals surface area contributed by atoms with Gasteiger partial charge in [0.15, 0.2) is 22.8 Å². The number of aliphatic hydroxyl groups excluding tert-OH is 2. The van der Waals surface area contributed by atoms with Gasteiger partial charge < -0.3 is 47.3 Å². The van der Waals surface area contributed by atoms with Gasteiger partial charge in [0.25, 0.3) is 0 Å². The Morgan fingerprint density at radius 2 is 2.04 bits per heavy atom. The van der Waals surface area contributed by atoms with Crippen molar-refractivity contribution in [2.24, 2.45) is 0 Å². The Morgan fingerprint density at radius 3 is 2.64 bits per heavy atom. The van der Waals surface area contributed by atoms with Crippen LogP contribution in [0.25, 0.3) is 11.2 Å². The molecule has 2 aromatic rings. The fourth-order valence-corrected chi connectivity index (χ4v) is 3.64. The average Bonchev–Trinajstić information content (AvgIpc) is 3.08. The maximum Gasteiger partial charge on any atom is 0.191 e. The fourth-order valence-electron chi connectivity index (χ4n) is 2.56. The monoisotopic (exact) mass is 457 g/mol. The molecule has 12 N–H and O–H groups in total. The zero-order valence-corrected chi connectivity index (χ0v) is 18.0. The number of nitrogens with two attached hydrogens (primary N) is 1. The van der Waals surface area contributed by atoms with E-state index in [1.165, 1.54) is 22.7 Å². The Bertz CT molecular complexity index is 851. The van der Waals surface area contributed by atoms with Crippen molar-refractivity contribution < 1.29 is 29.3 Å². The number of rotatable bonds is 6. The predicted octanol–water partition coefficient (Wildman–Crippen LogP) is -1.15. The van der Waals surface area contributed by atoms with Crippen LogP contribution in [-0.4, -0.2) is 60.4 Å². The Balaban J connectivity index is 0.00000196. The summed E-state index contributed by atoms with van der Waals surface area (Å²) in [5, 5.41) is 20.8. The second kappa shape index (κ2) is 9.69. The van der Waals surface area contributed by atoms with Crippen molar-refractivity contribution in [3.8, 4) is 0 Å².